The monoisotopic (exact) mass is 392 g/mol. The van der Waals surface area contributed by atoms with Crippen LogP contribution >= 0.6 is 0 Å². The average Bonchev–Trinajstić information content (AvgIpc) is 2.60. The fraction of sp³-hybridized carbons (Fsp3) is 1.00. The lowest BCUT2D eigenvalue weighted by Gasteiger charge is -2.26. The van der Waals surface area contributed by atoms with Crippen molar-refractivity contribution in [3.05, 3.63) is 0 Å². The maximum atomic E-state index is 13.7. The predicted octanol–water partition coefficient (Wildman–Crippen LogP) is 1.01. The molecular weight excluding hydrogens is 361 g/mol. The molecule has 2 N–H and O–H groups in total. The van der Waals surface area contributed by atoms with E-state index in [4.69, 9.17) is 29.2 Å². The number of rotatable bonds is 18. The molecule has 0 saturated heterocycles. The van der Waals surface area contributed by atoms with E-state index in [-0.39, 0.29) is 59.5 Å². The van der Waals surface area contributed by atoms with Gasteiger partial charge in [0.15, 0.2) is 6.17 Å². The lowest BCUT2D eigenvalue weighted by Crippen LogP contribution is -2.40. The molecule has 0 aliphatic rings. The van der Waals surface area contributed by atoms with Crippen LogP contribution in [0.4, 0.5) is 13.2 Å². The normalized spacial score (nSPS) is 14.8. The fourth-order valence-electron chi connectivity index (χ4n) is 1.76. The molecule has 0 aliphatic heterocycles. The zero-order chi connectivity index (χ0) is 19.8. The van der Waals surface area contributed by atoms with Gasteiger partial charge in [-0.3, -0.25) is 0 Å². The molecule has 0 aromatic rings. The van der Waals surface area contributed by atoms with Gasteiger partial charge in [0.1, 0.15) is 6.10 Å². The van der Waals surface area contributed by atoms with Crippen molar-refractivity contribution >= 4 is 0 Å². The molecule has 2 atom stereocenters. The maximum Gasteiger partial charge on any atom is 0.387 e. The first-order chi connectivity index (χ1) is 12.3. The fourth-order valence-corrected chi connectivity index (χ4v) is 1.76. The van der Waals surface area contributed by atoms with Crippen molar-refractivity contribution in [2.45, 2.75) is 32.2 Å². The van der Waals surface area contributed by atoms with Gasteiger partial charge in [-0.05, 0) is 5.92 Å². The van der Waals surface area contributed by atoms with Gasteiger partial charge in [0.05, 0.1) is 66.1 Å². The number of aliphatic hydroxyl groups is 2. The van der Waals surface area contributed by atoms with Crippen LogP contribution in [0.25, 0.3) is 0 Å². The second-order valence-electron chi connectivity index (χ2n) is 5.76. The van der Waals surface area contributed by atoms with Gasteiger partial charge in [-0.2, -0.15) is 8.78 Å². The summed E-state index contributed by atoms with van der Waals surface area (Å²) in [5.41, 5.74) is 0. The summed E-state index contributed by atoms with van der Waals surface area (Å²) in [6, 6.07) is 0. The highest BCUT2D eigenvalue weighted by molar-refractivity contribution is 4.72. The molecule has 0 radical (unpaired) electrons. The molecule has 10 heteroatoms. The topological polar surface area (TPSA) is 86.6 Å². The molecule has 7 nitrogen and oxygen atoms in total. The van der Waals surface area contributed by atoms with Crippen molar-refractivity contribution in [1.29, 1.82) is 0 Å². The van der Waals surface area contributed by atoms with Crippen molar-refractivity contribution < 1.29 is 47.1 Å². The highest BCUT2D eigenvalue weighted by Gasteiger charge is 2.44. The molecule has 158 valence electrons. The summed E-state index contributed by atoms with van der Waals surface area (Å²) in [6.07, 6.45) is -7.20. The maximum absolute atomic E-state index is 13.7. The highest BCUT2D eigenvalue weighted by atomic mass is 19.3. The van der Waals surface area contributed by atoms with E-state index in [0.717, 1.165) is 0 Å². The van der Waals surface area contributed by atoms with Crippen LogP contribution in [0.15, 0.2) is 0 Å². The number of aliphatic hydroxyl groups excluding tert-OH is 2. The van der Waals surface area contributed by atoms with E-state index in [1.165, 1.54) is 13.8 Å². The van der Waals surface area contributed by atoms with Crippen molar-refractivity contribution in [1.82, 2.24) is 0 Å². The first-order valence-electron chi connectivity index (χ1n) is 8.57. The van der Waals surface area contributed by atoms with E-state index in [1.807, 2.05) is 0 Å². The van der Waals surface area contributed by atoms with Gasteiger partial charge < -0.3 is 33.9 Å². The number of ether oxygens (including phenoxy) is 5. The molecule has 0 fully saturated rings. The molecule has 0 aromatic heterocycles. The van der Waals surface area contributed by atoms with E-state index in [2.05, 4.69) is 4.74 Å². The standard InChI is InChI=1S/C16H31F3O7/c1-13(2)15(17)16(18,19)26-12-14(25-10-9-23-6-4-21)11-24-8-7-22-5-3-20/h13-15,20-21H,3-12H2,1-2H3. The quantitative estimate of drug-likeness (QED) is 0.337. The summed E-state index contributed by atoms with van der Waals surface area (Å²) in [6.45, 7) is 2.76. The Labute approximate surface area is 152 Å². The third-order valence-electron chi connectivity index (χ3n) is 3.10. The molecule has 2 unspecified atom stereocenters. The molecule has 0 bridgehead atoms. The summed E-state index contributed by atoms with van der Waals surface area (Å²) < 4.78 is 65.9. The largest absolute Gasteiger partial charge is 0.394 e. The average molecular weight is 392 g/mol. The van der Waals surface area contributed by atoms with E-state index >= 15 is 0 Å². The molecule has 26 heavy (non-hydrogen) atoms. The summed E-state index contributed by atoms with van der Waals surface area (Å²) in [4.78, 5) is 0. The Morgan fingerprint density at radius 2 is 1.35 bits per heavy atom. The Morgan fingerprint density at radius 3 is 1.88 bits per heavy atom. The summed E-state index contributed by atoms with van der Waals surface area (Å²) in [5.74, 6) is -0.892. The summed E-state index contributed by atoms with van der Waals surface area (Å²) >= 11 is 0. The van der Waals surface area contributed by atoms with Gasteiger partial charge in [-0.25, -0.2) is 4.39 Å². The van der Waals surface area contributed by atoms with Crippen LogP contribution in [0.5, 0.6) is 0 Å². The Morgan fingerprint density at radius 1 is 0.808 bits per heavy atom. The van der Waals surface area contributed by atoms with Crippen LogP contribution in [-0.2, 0) is 23.7 Å². The van der Waals surface area contributed by atoms with Gasteiger partial charge in [0.2, 0.25) is 0 Å². The minimum atomic E-state index is -3.92. The van der Waals surface area contributed by atoms with Crippen molar-refractivity contribution in [2.75, 3.05) is 66.1 Å². The van der Waals surface area contributed by atoms with Crippen molar-refractivity contribution in [3.8, 4) is 0 Å². The SMILES string of the molecule is CC(C)C(F)C(F)(F)OCC(COCCOCCO)OCCOCCO. The van der Waals surface area contributed by atoms with E-state index in [0.29, 0.717) is 0 Å². The van der Waals surface area contributed by atoms with Crippen LogP contribution in [0.1, 0.15) is 13.8 Å². The number of alkyl halides is 3. The van der Waals surface area contributed by atoms with Gasteiger partial charge in [0.25, 0.3) is 0 Å². The van der Waals surface area contributed by atoms with Crippen LogP contribution in [0.2, 0.25) is 0 Å². The number of hydrogen-bond acceptors (Lipinski definition) is 7. The smallest absolute Gasteiger partial charge is 0.387 e. The predicted molar refractivity (Wildman–Crippen MR) is 87.0 cm³/mol. The van der Waals surface area contributed by atoms with E-state index in [1.54, 1.807) is 0 Å². The molecule has 0 heterocycles. The zero-order valence-corrected chi connectivity index (χ0v) is 15.4. The zero-order valence-electron chi connectivity index (χ0n) is 15.4. The minimum Gasteiger partial charge on any atom is -0.394 e. The number of halogens is 3. The van der Waals surface area contributed by atoms with Crippen LogP contribution < -0.4 is 0 Å². The molecular formula is C16H31F3O7. The Balaban J connectivity index is 4.28. The van der Waals surface area contributed by atoms with Crippen LogP contribution in [0, 0.1) is 5.92 Å². The van der Waals surface area contributed by atoms with Crippen molar-refractivity contribution in [2.24, 2.45) is 5.92 Å². The highest BCUT2D eigenvalue weighted by Crippen LogP contribution is 2.28. The lowest BCUT2D eigenvalue weighted by atomic mass is 10.1. The third kappa shape index (κ3) is 12.8. The van der Waals surface area contributed by atoms with Crippen LogP contribution in [-0.4, -0.2) is 94.7 Å². The second kappa shape index (κ2) is 15.6. The first-order valence-corrected chi connectivity index (χ1v) is 8.57. The van der Waals surface area contributed by atoms with E-state index in [9.17, 15) is 13.2 Å². The Bertz CT molecular complexity index is 322. The van der Waals surface area contributed by atoms with Crippen LogP contribution in [0.3, 0.4) is 0 Å². The summed E-state index contributed by atoms with van der Waals surface area (Å²) in [7, 11) is 0. The molecule has 0 spiro atoms. The summed E-state index contributed by atoms with van der Waals surface area (Å²) in [5, 5.41) is 17.2. The molecule has 0 amide bonds. The van der Waals surface area contributed by atoms with Crippen molar-refractivity contribution in [3.63, 3.8) is 0 Å². The van der Waals surface area contributed by atoms with Gasteiger partial charge >= 0.3 is 6.11 Å². The lowest BCUT2D eigenvalue weighted by molar-refractivity contribution is -0.291. The van der Waals surface area contributed by atoms with Gasteiger partial charge in [0, 0.05) is 0 Å². The van der Waals surface area contributed by atoms with Gasteiger partial charge in [-0.15, -0.1) is 0 Å². The third-order valence-corrected chi connectivity index (χ3v) is 3.10. The molecule has 0 aromatic carbocycles. The van der Waals surface area contributed by atoms with E-state index < -0.39 is 30.9 Å². The molecule has 0 aliphatic carbocycles. The second-order valence-corrected chi connectivity index (χ2v) is 5.76. The Hall–Kier alpha value is -0.490. The van der Waals surface area contributed by atoms with Gasteiger partial charge in [-0.1, -0.05) is 13.8 Å². The Kier molecular flexibility index (Phi) is 15.3. The molecule has 0 rings (SSSR count). The number of hydrogen-bond donors (Lipinski definition) is 2. The molecule has 0 saturated carbocycles. The minimum absolute atomic E-state index is 0.0583. The first kappa shape index (κ1) is 25.5.